The quantitative estimate of drug-likeness (QED) is 0.781. The van der Waals surface area contributed by atoms with Gasteiger partial charge in [0.1, 0.15) is 0 Å². The first kappa shape index (κ1) is 13.4. The summed E-state index contributed by atoms with van der Waals surface area (Å²) in [5.74, 6) is 0.745. The molecule has 0 aliphatic carbocycles. The minimum Gasteiger partial charge on any atom is -0.398 e. The predicted molar refractivity (Wildman–Crippen MR) is 85.4 cm³/mol. The zero-order valence-electron chi connectivity index (χ0n) is 12.5. The Labute approximate surface area is 124 Å². The summed E-state index contributed by atoms with van der Waals surface area (Å²) in [7, 11) is 0. The van der Waals surface area contributed by atoms with Gasteiger partial charge in [-0.3, -0.25) is 0 Å². The maximum Gasteiger partial charge on any atom is 0.155 e. The molecule has 4 heteroatoms. The highest BCUT2D eigenvalue weighted by Crippen LogP contribution is 2.21. The van der Waals surface area contributed by atoms with Crippen LogP contribution in [-0.2, 0) is 0 Å². The molecule has 3 rings (SSSR count). The number of aromatic nitrogens is 3. The highest BCUT2D eigenvalue weighted by Gasteiger charge is 2.08. The van der Waals surface area contributed by atoms with Crippen molar-refractivity contribution in [1.82, 2.24) is 14.8 Å². The van der Waals surface area contributed by atoms with E-state index in [4.69, 9.17) is 5.73 Å². The number of pyridine rings is 1. The van der Waals surface area contributed by atoms with Crippen LogP contribution >= 0.6 is 0 Å². The van der Waals surface area contributed by atoms with Crippen molar-refractivity contribution in [2.24, 2.45) is 0 Å². The summed E-state index contributed by atoms with van der Waals surface area (Å²) in [6, 6.07) is 12.1. The zero-order valence-corrected chi connectivity index (χ0v) is 12.5. The van der Waals surface area contributed by atoms with Gasteiger partial charge in [-0.05, 0) is 38.5 Å². The van der Waals surface area contributed by atoms with Crippen LogP contribution < -0.4 is 5.73 Å². The first-order chi connectivity index (χ1) is 10.0. The molecule has 1 aromatic carbocycles. The number of benzene rings is 1. The molecule has 0 spiro atoms. The maximum atomic E-state index is 6.02. The molecule has 0 saturated heterocycles. The van der Waals surface area contributed by atoms with Crippen LogP contribution in [0.4, 0.5) is 5.69 Å². The fourth-order valence-electron chi connectivity index (χ4n) is 2.27. The summed E-state index contributed by atoms with van der Waals surface area (Å²) in [6.45, 7) is 6.01. The lowest BCUT2D eigenvalue weighted by Crippen LogP contribution is -2.04. The molecule has 0 bridgehead atoms. The third kappa shape index (κ3) is 2.52. The van der Waals surface area contributed by atoms with Crippen molar-refractivity contribution in [3.8, 4) is 17.1 Å². The number of anilines is 1. The molecular formula is C17H18N4. The second kappa shape index (κ2) is 5.05. The standard InChI is InChI=1S/C17H18N4/c1-11-5-4-6-14(9-11)16-7-8-21(20-16)17-10-15(18)12(2)13(3)19-17/h4-10H,1-3H3,(H2,18,19). The topological polar surface area (TPSA) is 56.7 Å². The molecule has 2 N–H and O–H groups in total. The Balaban J connectivity index is 2.02. The first-order valence-corrected chi connectivity index (χ1v) is 6.91. The van der Waals surface area contributed by atoms with Crippen LogP contribution in [0.3, 0.4) is 0 Å². The van der Waals surface area contributed by atoms with Crippen molar-refractivity contribution in [2.45, 2.75) is 20.8 Å². The van der Waals surface area contributed by atoms with Crippen LogP contribution in [0.5, 0.6) is 0 Å². The van der Waals surface area contributed by atoms with Crippen LogP contribution in [0.25, 0.3) is 17.1 Å². The van der Waals surface area contributed by atoms with Gasteiger partial charge in [-0.2, -0.15) is 5.10 Å². The molecule has 0 aliphatic heterocycles. The SMILES string of the molecule is Cc1cccc(-c2ccn(-c3cc(N)c(C)c(C)n3)n2)c1. The maximum absolute atomic E-state index is 6.02. The van der Waals surface area contributed by atoms with E-state index in [2.05, 4.69) is 35.2 Å². The van der Waals surface area contributed by atoms with Crippen molar-refractivity contribution < 1.29 is 0 Å². The molecule has 0 amide bonds. The number of nitrogen functional groups attached to an aromatic ring is 1. The second-order valence-electron chi connectivity index (χ2n) is 5.30. The van der Waals surface area contributed by atoms with Gasteiger partial charge >= 0.3 is 0 Å². The summed E-state index contributed by atoms with van der Waals surface area (Å²) >= 11 is 0. The molecule has 3 aromatic rings. The van der Waals surface area contributed by atoms with Crippen molar-refractivity contribution in [3.63, 3.8) is 0 Å². The average molecular weight is 278 g/mol. The molecule has 4 nitrogen and oxygen atoms in total. The van der Waals surface area contributed by atoms with Gasteiger partial charge in [0.2, 0.25) is 0 Å². The van der Waals surface area contributed by atoms with Gasteiger partial charge in [0.25, 0.3) is 0 Å². The summed E-state index contributed by atoms with van der Waals surface area (Å²) in [5, 5.41) is 4.60. The van der Waals surface area contributed by atoms with E-state index in [1.165, 1.54) is 5.56 Å². The number of rotatable bonds is 2. The highest BCUT2D eigenvalue weighted by molar-refractivity contribution is 5.60. The van der Waals surface area contributed by atoms with Crippen molar-refractivity contribution in [3.05, 3.63) is 59.4 Å². The largest absolute Gasteiger partial charge is 0.398 e. The molecule has 0 unspecified atom stereocenters. The normalized spacial score (nSPS) is 10.8. The van der Waals surface area contributed by atoms with Crippen LogP contribution in [-0.4, -0.2) is 14.8 Å². The number of hydrogen-bond acceptors (Lipinski definition) is 3. The van der Waals surface area contributed by atoms with Gasteiger partial charge in [0.15, 0.2) is 5.82 Å². The fourth-order valence-corrected chi connectivity index (χ4v) is 2.27. The summed E-state index contributed by atoms with van der Waals surface area (Å²) < 4.78 is 1.76. The van der Waals surface area contributed by atoms with E-state index in [9.17, 15) is 0 Å². The summed E-state index contributed by atoms with van der Waals surface area (Å²) in [4.78, 5) is 4.55. The van der Waals surface area contributed by atoms with Gasteiger partial charge in [-0.15, -0.1) is 0 Å². The molecular weight excluding hydrogens is 260 g/mol. The Morgan fingerprint density at radius 1 is 1.05 bits per heavy atom. The molecule has 2 heterocycles. The Morgan fingerprint density at radius 2 is 1.86 bits per heavy atom. The summed E-state index contributed by atoms with van der Waals surface area (Å²) in [6.07, 6.45) is 1.91. The monoisotopic (exact) mass is 278 g/mol. The van der Waals surface area contributed by atoms with E-state index in [-0.39, 0.29) is 0 Å². The van der Waals surface area contributed by atoms with Crippen LogP contribution in [0.15, 0.2) is 42.6 Å². The molecule has 0 fully saturated rings. The van der Waals surface area contributed by atoms with E-state index >= 15 is 0 Å². The van der Waals surface area contributed by atoms with Crippen molar-refractivity contribution in [1.29, 1.82) is 0 Å². The Morgan fingerprint density at radius 3 is 2.57 bits per heavy atom. The number of nitrogens with two attached hydrogens (primary N) is 1. The minimum absolute atomic E-state index is 0.741. The Bertz CT molecular complexity index is 779. The van der Waals surface area contributed by atoms with Crippen molar-refractivity contribution in [2.75, 3.05) is 5.73 Å². The zero-order chi connectivity index (χ0) is 15.0. The van der Waals surface area contributed by atoms with Crippen LogP contribution in [0.1, 0.15) is 16.8 Å². The number of aryl methyl sites for hydroxylation is 2. The van der Waals surface area contributed by atoms with Gasteiger partial charge < -0.3 is 5.73 Å². The molecule has 2 aromatic heterocycles. The molecule has 21 heavy (non-hydrogen) atoms. The molecule has 106 valence electrons. The molecule has 0 radical (unpaired) electrons. The van der Waals surface area contributed by atoms with Gasteiger partial charge in [0.05, 0.1) is 5.69 Å². The van der Waals surface area contributed by atoms with Crippen LogP contribution in [0.2, 0.25) is 0 Å². The highest BCUT2D eigenvalue weighted by atomic mass is 15.3. The first-order valence-electron chi connectivity index (χ1n) is 6.91. The van der Waals surface area contributed by atoms with E-state index < -0.39 is 0 Å². The third-order valence-electron chi connectivity index (χ3n) is 3.68. The molecule has 0 aliphatic rings. The predicted octanol–water partition coefficient (Wildman–Crippen LogP) is 3.44. The molecule has 0 saturated carbocycles. The van der Waals surface area contributed by atoms with E-state index in [1.54, 1.807) is 4.68 Å². The van der Waals surface area contributed by atoms with Gasteiger partial charge in [-0.25, -0.2) is 9.67 Å². The lowest BCUT2D eigenvalue weighted by molar-refractivity contribution is 0.842. The number of nitrogens with zero attached hydrogens (tertiary/aromatic N) is 3. The smallest absolute Gasteiger partial charge is 0.155 e. The third-order valence-corrected chi connectivity index (χ3v) is 3.68. The van der Waals surface area contributed by atoms with Crippen LogP contribution in [0, 0.1) is 20.8 Å². The van der Waals surface area contributed by atoms with E-state index in [0.717, 1.165) is 34.0 Å². The summed E-state index contributed by atoms with van der Waals surface area (Å²) in [5.41, 5.74) is 12.0. The van der Waals surface area contributed by atoms with Gasteiger partial charge in [0, 0.05) is 29.2 Å². The van der Waals surface area contributed by atoms with Crippen molar-refractivity contribution >= 4 is 5.69 Å². The van der Waals surface area contributed by atoms with E-state index in [1.807, 2.05) is 38.2 Å². The molecule has 0 atom stereocenters. The van der Waals surface area contributed by atoms with Gasteiger partial charge in [-0.1, -0.05) is 23.8 Å². The Hall–Kier alpha value is -2.62. The lowest BCUT2D eigenvalue weighted by atomic mass is 10.1. The average Bonchev–Trinajstić information content (AvgIpc) is 2.94. The van der Waals surface area contributed by atoms with E-state index in [0.29, 0.717) is 0 Å². The lowest BCUT2D eigenvalue weighted by Gasteiger charge is -2.07. The fraction of sp³-hybridized carbons (Fsp3) is 0.176. The minimum atomic E-state index is 0.741. The Kier molecular flexibility index (Phi) is 3.22. The second-order valence-corrected chi connectivity index (χ2v) is 5.30. The number of hydrogen-bond donors (Lipinski definition) is 1.